The van der Waals surface area contributed by atoms with Crippen LogP contribution in [0.5, 0.6) is 0 Å². The van der Waals surface area contributed by atoms with E-state index < -0.39 is 10.0 Å². The Morgan fingerprint density at radius 2 is 2.06 bits per heavy atom. The molecule has 0 atom stereocenters. The largest absolute Gasteiger partial charge is 0.349 e. The minimum atomic E-state index is -3.34. The summed E-state index contributed by atoms with van der Waals surface area (Å²) in [7, 11) is -3.34. The zero-order chi connectivity index (χ0) is 13.2. The topological polar surface area (TPSA) is 42.3 Å². The number of thioether (sulfide) groups is 1. The molecule has 0 bridgehead atoms. The molecule has 1 aliphatic heterocycles. The van der Waals surface area contributed by atoms with Gasteiger partial charge in [-0.05, 0) is 13.0 Å². The molecule has 18 heavy (non-hydrogen) atoms. The van der Waals surface area contributed by atoms with Crippen LogP contribution in [0.1, 0.15) is 12.6 Å². The van der Waals surface area contributed by atoms with Crippen LogP contribution >= 0.6 is 23.4 Å². The van der Waals surface area contributed by atoms with Crippen LogP contribution in [0.4, 0.5) is 0 Å². The lowest BCUT2D eigenvalue weighted by atomic mass is 10.5. The molecule has 2 heterocycles. The number of aromatic nitrogens is 1. The summed E-state index contributed by atoms with van der Waals surface area (Å²) in [6, 6.07) is 1.69. The molecule has 1 aromatic heterocycles. The molecule has 0 spiro atoms. The van der Waals surface area contributed by atoms with E-state index in [4.69, 9.17) is 11.6 Å². The maximum absolute atomic E-state index is 12.4. The maximum atomic E-state index is 12.4. The number of rotatable bonds is 4. The summed E-state index contributed by atoms with van der Waals surface area (Å²) in [6.07, 6.45) is 1.69. The number of halogens is 1. The van der Waals surface area contributed by atoms with Crippen molar-refractivity contribution in [2.24, 2.45) is 0 Å². The zero-order valence-corrected chi connectivity index (χ0v) is 12.7. The van der Waals surface area contributed by atoms with E-state index in [-0.39, 0.29) is 0 Å². The third-order valence-corrected chi connectivity index (χ3v) is 6.13. The van der Waals surface area contributed by atoms with Crippen molar-refractivity contribution in [3.8, 4) is 0 Å². The quantitative estimate of drug-likeness (QED) is 0.799. The molecule has 0 N–H and O–H groups in total. The number of nitrogens with zero attached hydrogens (tertiary/aromatic N) is 2. The molecule has 0 radical (unpaired) electrons. The van der Waals surface area contributed by atoms with E-state index in [0.717, 1.165) is 23.7 Å². The molecule has 1 saturated heterocycles. The number of alkyl halides is 1. The van der Waals surface area contributed by atoms with Gasteiger partial charge in [-0.3, -0.25) is 0 Å². The molecular weight excluding hydrogens is 292 g/mol. The first-order valence-corrected chi connectivity index (χ1v) is 9.05. The molecule has 0 unspecified atom stereocenters. The van der Waals surface area contributed by atoms with Gasteiger partial charge in [-0.25, -0.2) is 8.42 Å². The van der Waals surface area contributed by atoms with Gasteiger partial charge in [0, 0.05) is 43.0 Å². The zero-order valence-electron chi connectivity index (χ0n) is 10.3. The van der Waals surface area contributed by atoms with Crippen LogP contribution in [0.3, 0.4) is 0 Å². The van der Waals surface area contributed by atoms with Crippen molar-refractivity contribution in [2.45, 2.75) is 24.2 Å². The first-order valence-electron chi connectivity index (χ1n) is 5.92. The highest BCUT2D eigenvalue weighted by atomic mass is 35.5. The summed E-state index contributed by atoms with van der Waals surface area (Å²) in [4.78, 5) is 0.368. The van der Waals surface area contributed by atoms with Crippen molar-refractivity contribution in [1.29, 1.82) is 0 Å². The van der Waals surface area contributed by atoms with Gasteiger partial charge in [0.05, 0.1) is 5.88 Å². The lowest BCUT2D eigenvalue weighted by Crippen LogP contribution is -2.37. The summed E-state index contributed by atoms with van der Waals surface area (Å²) >= 11 is 7.62. The van der Waals surface area contributed by atoms with Crippen molar-refractivity contribution >= 4 is 33.4 Å². The van der Waals surface area contributed by atoms with Gasteiger partial charge >= 0.3 is 0 Å². The van der Waals surface area contributed by atoms with E-state index in [0.29, 0.717) is 23.9 Å². The third kappa shape index (κ3) is 2.71. The lowest BCUT2D eigenvalue weighted by molar-refractivity contribution is 0.443. The molecule has 0 amide bonds. The van der Waals surface area contributed by atoms with Crippen LogP contribution in [0, 0.1) is 0 Å². The molecule has 0 aliphatic carbocycles. The van der Waals surface area contributed by atoms with Gasteiger partial charge in [-0.2, -0.15) is 16.1 Å². The third-order valence-electron chi connectivity index (χ3n) is 3.05. The van der Waals surface area contributed by atoms with Gasteiger partial charge < -0.3 is 4.57 Å². The number of hydrogen-bond acceptors (Lipinski definition) is 3. The van der Waals surface area contributed by atoms with Gasteiger partial charge in [-0.15, -0.1) is 11.6 Å². The standard InChI is InChI=1S/C11H17ClN2O2S2/c1-2-13-9-11(7-10(13)8-12)18(15,16)14-3-5-17-6-4-14/h7,9H,2-6,8H2,1H3. The summed E-state index contributed by atoms with van der Waals surface area (Å²) in [5, 5.41) is 0. The molecule has 7 heteroatoms. The van der Waals surface area contributed by atoms with Crippen LogP contribution < -0.4 is 0 Å². The van der Waals surface area contributed by atoms with Crippen molar-refractivity contribution < 1.29 is 8.42 Å². The van der Waals surface area contributed by atoms with Gasteiger partial charge in [0.1, 0.15) is 4.90 Å². The highest BCUT2D eigenvalue weighted by molar-refractivity contribution is 7.99. The van der Waals surface area contributed by atoms with E-state index in [1.807, 2.05) is 11.5 Å². The molecule has 1 fully saturated rings. The maximum Gasteiger partial charge on any atom is 0.244 e. The number of hydrogen-bond donors (Lipinski definition) is 0. The predicted molar refractivity (Wildman–Crippen MR) is 75.7 cm³/mol. The fourth-order valence-electron chi connectivity index (χ4n) is 2.01. The van der Waals surface area contributed by atoms with Crippen molar-refractivity contribution in [3.63, 3.8) is 0 Å². The van der Waals surface area contributed by atoms with E-state index in [9.17, 15) is 8.42 Å². The fraction of sp³-hybridized carbons (Fsp3) is 0.636. The van der Waals surface area contributed by atoms with Gasteiger partial charge in [-0.1, -0.05) is 0 Å². The first kappa shape index (κ1) is 14.2. The smallest absolute Gasteiger partial charge is 0.244 e. The second kappa shape index (κ2) is 5.86. The Balaban J connectivity index is 2.31. The highest BCUT2D eigenvalue weighted by Gasteiger charge is 2.27. The fourth-order valence-corrected chi connectivity index (χ4v) is 4.88. The summed E-state index contributed by atoms with van der Waals surface area (Å²) in [5.41, 5.74) is 0.851. The van der Waals surface area contributed by atoms with Crippen LogP contribution in [0.2, 0.25) is 0 Å². The van der Waals surface area contributed by atoms with Crippen molar-refractivity contribution in [2.75, 3.05) is 24.6 Å². The molecule has 1 aromatic rings. The summed E-state index contributed by atoms with van der Waals surface area (Å²) in [6.45, 7) is 3.90. The average molecular weight is 309 g/mol. The van der Waals surface area contributed by atoms with Crippen LogP contribution in [-0.2, 0) is 22.4 Å². The number of sulfonamides is 1. The molecular formula is C11H17ClN2O2S2. The Hall–Kier alpha value is -0.170. The van der Waals surface area contributed by atoms with Gasteiger partial charge in [0.2, 0.25) is 10.0 Å². The molecule has 2 rings (SSSR count). The number of aryl methyl sites for hydroxylation is 1. The Morgan fingerprint density at radius 1 is 1.39 bits per heavy atom. The van der Waals surface area contributed by atoms with Gasteiger partial charge in [0.25, 0.3) is 0 Å². The van der Waals surface area contributed by atoms with Crippen LogP contribution in [0.15, 0.2) is 17.2 Å². The molecule has 1 aliphatic rings. The highest BCUT2D eigenvalue weighted by Crippen LogP contribution is 2.22. The molecule has 0 aromatic carbocycles. The minimum absolute atomic E-state index is 0.333. The van der Waals surface area contributed by atoms with Gasteiger partial charge in [0.15, 0.2) is 0 Å². The molecule has 4 nitrogen and oxygen atoms in total. The molecule has 0 saturated carbocycles. The van der Waals surface area contributed by atoms with Crippen LogP contribution in [-0.4, -0.2) is 41.9 Å². The summed E-state index contributed by atoms with van der Waals surface area (Å²) in [5.74, 6) is 2.07. The van der Waals surface area contributed by atoms with E-state index >= 15 is 0 Å². The van der Waals surface area contributed by atoms with Crippen molar-refractivity contribution in [3.05, 3.63) is 18.0 Å². The summed E-state index contributed by atoms with van der Waals surface area (Å²) < 4.78 is 28.3. The first-order chi connectivity index (χ1) is 8.59. The lowest BCUT2D eigenvalue weighted by Gasteiger charge is -2.25. The molecule has 102 valence electrons. The predicted octanol–water partition coefficient (Wildman–Crippen LogP) is 1.98. The second-order valence-electron chi connectivity index (χ2n) is 4.10. The minimum Gasteiger partial charge on any atom is -0.349 e. The normalized spacial score (nSPS) is 18.1. The Morgan fingerprint density at radius 3 is 2.56 bits per heavy atom. The SMILES string of the molecule is CCn1cc(S(=O)(=O)N2CCSCC2)cc1CCl. The van der Waals surface area contributed by atoms with E-state index in [2.05, 4.69) is 0 Å². The Labute approximate surface area is 117 Å². The second-order valence-corrected chi connectivity index (χ2v) is 7.53. The van der Waals surface area contributed by atoms with Crippen molar-refractivity contribution in [1.82, 2.24) is 8.87 Å². The van der Waals surface area contributed by atoms with E-state index in [1.165, 1.54) is 0 Å². The monoisotopic (exact) mass is 308 g/mol. The Kier molecular flexibility index (Phi) is 4.64. The van der Waals surface area contributed by atoms with Crippen LogP contribution in [0.25, 0.3) is 0 Å². The average Bonchev–Trinajstić information content (AvgIpc) is 2.83. The Bertz CT molecular complexity index is 486. The van der Waals surface area contributed by atoms with E-state index in [1.54, 1.807) is 28.3 Å².